The van der Waals surface area contributed by atoms with Gasteiger partial charge in [0.25, 0.3) is 0 Å². The topological polar surface area (TPSA) is 98.0 Å². The van der Waals surface area contributed by atoms with Crippen molar-refractivity contribution >= 4 is 11.9 Å². The molecule has 0 aliphatic heterocycles. The highest BCUT2D eigenvalue weighted by atomic mass is 16.5. The first-order valence-corrected chi connectivity index (χ1v) is 7.05. The van der Waals surface area contributed by atoms with Gasteiger partial charge in [-0.2, -0.15) is 15.0 Å². The van der Waals surface area contributed by atoms with Crippen LogP contribution in [0.3, 0.4) is 0 Å². The molecule has 0 fully saturated rings. The zero-order chi connectivity index (χ0) is 15.1. The Morgan fingerprint density at radius 2 is 1.86 bits per heavy atom. The minimum atomic E-state index is 0.285. The van der Waals surface area contributed by atoms with Crippen LogP contribution in [0.5, 0.6) is 6.01 Å². The molecule has 0 radical (unpaired) electrons. The Balaban J connectivity index is 2.06. The molecule has 114 valence electrons. The van der Waals surface area contributed by atoms with E-state index in [1.807, 2.05) is 20.8 Å². The molecule has 0 spiro atoms. The van der Waals surface area contributed by atoms with Gasteiger partial charge in [-0.3, -0.25) is 0 Å². The largest absolute Gasteiger partial charge is 0.464 e. The number of oxazole rings is 1. The van der Waals surface area contributed by atoms with Gasteiger partial charge in [0.1, 0.15) is 5.76 Å². The van der Waals surface area contributed by atoms with Gasteiger partial charge in [-0.15, -0.1) is 0 Å². The summed E-state index contributed by atoms with van der Waals surface area (Å²) in [7, 11) is 0. The summed E-state index contributed by atoms with van der Waals surface area (Å²) in [5.41, 5.74) is 0. The number of hydrogen-bond acceptors (Lipinski definition) is 8. The van der Waals surface area contributed by atoms with Crippen LogP contribution in [0.15, 0.2) is 10.6 Å². The van der Waals surface area contributed by atoms with Crippen molar-refractivity contribution in [1.29, 1.82) is 0 Å². The van der Waals surface area contributed by atoms with E-state index in [1.54, 1.807) is 6.20 Å². The standard InChI is InChI=1S/C13H20N6O2/c1-4-9-7-15-10(21-9)8-16-12-17-11(14-5-2)18-13(19-12)20-6-3/h7H,4-6,8H2,1-3H3,(H2,14,16,17,18,19). The van der Waals surface area contributed by atoms with E-state index in [2.05, 4.69) is 30.6 Å². The Morgan fingerprint density at radius 1 is 1.10 bits per heavy atom. The van der Waals surface area contributed by atoms with Gasteiger partial charge in [0.2, 0.25) is 17.8 Å². The van der Waals surface area contributed by atoms with E-state index in [4.69, 9.17) is 9.15 Å². The third-order valence-electron chi connectivity index (χ3n) is 2.57. The maximum Gasteiger partial charge on any atom is 0.323 e. The molecular weight excluding hydrogens is 272 g/mol. The summed E-state index contributed by atoms with van der Waals surface area (Å²) in [6.45, 7) is 7.48. The second kappa shape index (κ2) is 7.41. The summed E-state index contributed by atoms with van der Waals surface area (Å²) in [5, 5.41) is 6.09. The summed E-state index contributed by atoms with van der Waals surface area (Å²) < 4.78 is 10.8. The molecule has 2 aromatic heterocycles. The molecule has 2 aromatic rings. The van der Waals surface area contributed by atoms with Crippen molar-refractivity contribution in [3.8, 4) is 6.01 Å². The molecule has 0 aliphatic carbocycles. The van der Waals surface area contributed by atoms with Crippen LogP contribution in [0.4, 0.5) is 11.9 Å². The van der Waals surface area contributed by atoms with Crippen molar-refractivity contribution in [1.82, 2.24) is 19.9 Å². The Labute approximate surface area is 123 Å². The average molecular weight is 292 g/mol. The second-order valence-electron chi connectivity index (χ2n) is 4.16. The van der Waals surface area contributed by atoms with Crippen LogP contribution in [-0.4, -0.2) is 33.1 Å². The number of nitrogens with zero attached hydrogens (tertiary/aromatic N) is 4. The van der Waals surface area contributed by atoms with E-state index in [1.165, 1.54) is 0 Å². The lowest BCUT2D eigenvalue weighted by molar-refractivity contribution is 0.312. The Kier molecular flexibility index (Phi) is 5.30. The van der Waals surface area contributed by atoms with Crippen LogP contribution in [0, 0.1) is 0 Å². The van der Waals surface area contributed by atoms with E-state index in [-0.39, 0.29) is 6.01 Å². The quantitative estimate of drug-likeness (QED) is 0.761. The molecule has 0 amide bonds. The summed E-state index contributed by atoms with van der Waals surface area (Å²) in [6, 6.07) is 0.285. The van der Waals surface area contributed by atoms with Gasteiger partial charge in [-0.05, 0) is 13.8 Å². The summed E-state index contributed by atoms with van der Waals surface area (Å²) >= 11 is 0. The highest BCUT2D eigenvalue weighted by Gasteiger charge is 2.08. The zero-order valence-corrected chi connectivity index (χ0v) is 12.5. The minimum absolute atomic E-state index is 0.285. The summed E-state index contributed by atoms with van der Waals surface area (Å²) in [5.74, 6) is 2.33. The first kappa shape index (κ1) is 15.0. The molecular formula is C13H20N6O2. The highest BCUT2D eigenvalue weighted by Crippen LogP contribution is 2.12. The SMILES string of the molecule is CCNc1nc(NCc2ncc(CC)o2)nc(OCC)n1. The van der Waals surface area contributed by atoms with Gasteiger partial charge in [0, 0.05) is 13.0 Å². The number of nitrogens with one attached hydrogen (secondary N) is 2. The molecule has 0 saturated heterocycles. The number of aryl methyl sites for hydroxylation is 1. The zero-order valence-electron chi connectivity index (χ0n) is 12.5. The van der Waals surface area contributed by atoms with Gasteiger partial charge in [0.15, 0.2) is 0 Å². The summed E-state index contributed by atoms with van der Waals surface area (Å²) in [4.78, 5) is 16.8. The normalized spacial score (nSPS) is 10.4. The number of aromatic nitrogens is 4. The fraction of sp³-hybridized carbons (Fsp3) is 0.538. The van der Waals surface area contributed by atoms with Crippen molar-refractivity contribution in [2.45, 2.75) is 33.7 Å². The van der Waals surface area contributed by atoms with Crippen LogP contribution in [0.2, 0.25) is 0 Å². The van der Waals surface area contributed by atoms with Gasteiger partial charge in [-0.25, -0.2) is 4.98 Å². The Bertz CT molecular complexity index is 547. The van der Waals surface area contributed by atoms with E-state index >= 15 is 0 Å². The fourth-order valence-electron chi connectivity index (χ4n) is 1.61. The highest BCUT2D eigenvalue weighted by molar-refractivity contribution is 5.35. The van der Waals surface area contributed by atoms with Gasteiger partial charge >= 0.3 is 6.01 Å². The molecule has 21 heavy (non-hydrogen) atoms. The number of hydrogen-bond donors (Lipinski definition) is 2. The third-order valence-corrected chi connectivity index (χ3v) is 2.57. The van der Waals surface area contributed by atoms with Crippen molar-refractivity contribution in [2.75, 3.05) is 23.8 Å². The third kappa shape index (κ3) is 4.30. The molecule has 0 saturated carbocycles. The maximum atomic E-state index is 5.52. The van der Waals surface area contributed by atoms with Gasteiger partial charge in [-0.1, -0.05) is 6.92 Å². The van der Waals surface area contributed by atoms with Crippen molar-refractivity contribution in [3.05, 3.63) is 17.8 Å². The van der Waals surface area contributed by atoms with Crippen molar-refractivity contribution in [2.24, 2.45) is 0 Å². The minimum Gasteiger partial charge on any atom is -0.464 e. The van der Waals surface area contributed by atoms with Crippen LogP contribution in [0.25, 0.3) is 0 Å². The Hall–Kier alpha value is -2.38. The lowest BCUT2D eigenvalue weighted by Gasteiger charge is -2.08. The number of ether oxygens (including phenoxy) is 1. The van der Waals surface area contributed by atoms with E-state index in [0.717, 1.165) is 12.2 Å². The number of anilines is 2. The van der Waals surface area contributed by atoms with Crippen molar-refractivity contribution < 1.29 is 9.15 Å². The smallest absolute Gasteiger partial charge is 0.323 e. The lowest BCUT2D eigenvalue weighted by atomic mass is 10.4. The molecule has 0 aromatic carbocycles. The maximum absolute atomic E-state index is 5.52. The fourth-order valence-corrected chi connectivity index (χ4v) is 1.61. The molecule has 2 rings (SSSR count). The molecule has 2 heterocycles. The van der Waals surface area contributed by atoms with Crippen LogP contribution >= 0.6 is 0 Å². The monoisotopic (exact) mass is 292 g/mol. The predicted octanol–water partition coefficient (Wildman–Crippen LogP) is 1.86. The van der Waals surface area contributed by atoms with Crippen LogP contribution in [0.1, 0.15) is 32.4 Å². The molecule has 0 atom stereocenters. The van der Waals surface area contributed by atoms with Gasteiger partial charge < -0.3 is 19.8 Å². The second-order valence-corrected chi connectivity index (χ2v) is 4.16. The van der Waals surface area contributed by atoms with E-state index in [9.17, 15) is 0 Å². The van der Waals surface area contributed by atoms with Crippen LogP contribution in [-0.2, 0) is 13.0 Å². The van der Waals surface area contributed by atoms with Crippen molar-refractivity contribution in [3.63, 3.8) is 0 Å². The molecule has 2 N–H and O–H groups in total. The van der Waals surface area contributed by atoms with Gasteiger partial charge in [0.05, 0.1) is 19.3 Å². The first-order valence-electron chi connectivity index (χ1n) is 7.05. The predicted molar refractivity (Wildman–Crippen MR) is 78.4 cm³/mol. The molecule has 0 unspecified atom stereocenters. The molecule has 0 aliphatic rings. The van der Waals surface area contributed by atoms with E-state index in [0.29, 0.717) is 37.5 Å². The molecule has 0 bridgehead atoms. The molecule has 8 heteroatoms. The molecule has 8 nitrogen and oxygen atoms in total. The lowest BCUT2D eigenvalue weighted by Crippen LogP contribution is -2.10. The summed E-state index contributed by atoms with van der Waals surface area (Å²) in [6.07, 6.45) is 2.54. The van der Waals surface area contributed by atoms with E-state index < -0.39 is 0 Å². The Morgan fingerprint density at radius 3 is 2.48 bits per heavy atom. The first-order chi connectivity index (χ1) is 10.2. The van der Waals surface area contributed by atoms with Crippen LogP contribution < -0.4 is 15.4 Å². The average Bonchev–Trinajstić information content (AvgIpc) is 2.94. The number of rotatable bonds is 8.